The van der Waals surface area contributed by atoms with Gasteiger partial charge in [0.25, 0.3) is 7.82 Å². The zero-order valence-corrected chi connectivity index (χ0v) is 58.8. The minimum absolute atomic E-state index is 0.0171. The van der Waals surface area contributed by atoms with Gasteiger partial charge in [-0.1, -0.05) is 406 Å². The number of nitrogens with one attached hydrogen (secondary N) is 1. The standard InChI is InChI=1S/C75H153N2O6P/c1-6-8-10-12-14-16-18-20-22-24-26-28-30-32-33-34-35-36-37-38-39-40-41-42-43-45-47-49-51-53-55-57-59-61-63-65-67-69-75(79)76-73(72-83-84(80,81)82-71-70-77(3,4)5)74(78)68-66-64-62-60-58-56-54-52-50-48-46-44-31-29-27-25-23-21-19-17-15-13-11-9-7-2/h73-74,78H,6-72H2,1-5H3,(H-,76,79,80,81). The van der Waals surface area contributed by atoms with Crippen LogP contribution >= 0.6 is 7.82 Å². The molecule has 0 saturated carbocycles. The molecule has 0 aliphatic carbocycles. The number of hydrogen-bond donors (Lipinski definition) is 2. The van der Waals surface area contributed by atoms with Crippen molar-refractivity contribution in [1.29, 1.82) is 0 Å². The Morgan fingerprint density at radius 3 is 0.810 bits per heavy atom. The molecule has 0 saturated heterocycles. The molecule has 9 heteroatoms. The summed E-state index contributed by atoms with van der Waals surface area (Å²) < 4.78 is 23.6. The van der Waals surface area contributed by atoms with Crippen molar-refractivity contribution in [3.05, 3.63) is 0 Å². The zero-order chi connectivity index (χ0) is 61.2. The summed E-state index contributed by atoms with van der Waals surface area (Å²) in [7, 11) is 1.33. The monoisotopic (exact) mass is 1210 g/mol. The van der Waals surface area contributed by atoms with E-state index in [2.05, 4.69) is 19.2 Å². The number of rotatable bonds is 73. The average Bonchev–Trinajstić information content (AvgIpc) is 3.56. The van der Waals surface area contributed by atoms with Gasteiger partial charge in [-0.25, -0.2) is 0 Å². The number of phosphoric acid groups is 1. The molecule has 0 radical (unpaired) electrons. The summed E-state index contributed by atoms with van der Waals surface area (Å²) in [5.41, 5.74) is 0. The first kappa shape index (κ1) is 83.5. The van der Waals surface area contributed by atoms with Crippen molar-refractivity contribution in [3.8, 4) is 0 Å². The molecule has 504 valence electrons. The predicted molar refractivity (Wildman–Crippen MR) is 367 cm³/mol. The molecule has 0 spiro atoms. The van der Waals surface area contributed by atoms with E-state index in [4.69, 9.17) is 9.05 Å². The normalized spacial score (nSPS) is 13.5. The van der Waals surface area contributed by atoms with E-state index in [9.17, 15) is 19.4 Å². The molecule has 84 heavy (non-hydrogen) atoms. The van der Waals surface area contributed by atoms with Gasteiger partial charge in [-0.05, 0) is 12.8 Å². The van der Waals surface area contributed by atoms with E-state index in [1.54, 1.807) is 0 Å². The van der Waals surface area contributed by atoms with Crippen molar-refractivity contribution in [2.45, 2.75) is 437 Å². The van der Waals surface area contributed by atoms with Gasteiger partial charge in [0.15, 0.2) is 0 Å². The van der Waals surface area contributed by atoms with Crippen LogP contribution in [0.1, 0.15) is 425 Å². The van der Waals surface area contributed by atoms with Gasteiger partial charge in [-0.15, -0.1) is 0 Å². The number of aliphatic hydroxyl groups is 1. The molecular weight excluding hydrogens is 1060 g/mol. The minimum Gasteiger partial charge on any atom is -0.756 e. The summed E-state index contributed by atoms with van der Waals surface area (Å²) in [6.07, 6.45) is 85.0. The fourth-order valence-electron chi connectivity index (χ4n) is 12.4. The van der Waals surface area contributed by atoms with E-state index < -0.39 is 20.0 Å². The lowest BCUT2D eigenvalue weighted by Gasteiger charge is -2.30. The minimum atomic E-state index is -4.58. The Bertz CT molecular complexity index is 1330. The zero-order valence-electron chi connectivity index (χ0n) is 57.9. The fraction of sp³-hybridized carbons (Fsp3) is 0.987. The van der Waals surface area contributed by atoms with E-state index >= 15 is 0 Å². The van der Waals surface area contributed by atoms with Crippen LogP contribution in [-0.4, -0.2) is 68.5 Å². The molecule has 3 atom stereocenters. The molecule has 1 amide bonds. The van der Waals surface area contributed by atoms with Gasteiger partial charge in [0.05, 0.1) is 39.9 Å². The van der Waals surface area contributed by atoms with Crippen molar-refractivity contribution >= 4 is 13.7 Å². The molecule has 0 bridgehead atoms. The predicted octanol–water partition coefficient (Wildman–Crippen LogP) is 24.0. The van der Waals surface area contributed by atoms with Crippen LogP contribution in [0, 0.1) is 0 Å². The number of carbonyl (C=O) groups is 1. The Labute approximate surface area is 527 Å². The second-order valence-electron chi connectivity index (χ2n) is 28.1. The molecule has 0 fully saturated rings. The number of unbranched alkanes of at least 4 members (excludes halogenated alkanes) is 60. The lowest BCUT2D eigenvalue weighted by molar-refractivity contribution is -0.870. The number of quaternary nitrogens is 1. The van der Waals surface area contributed by atoms with Crippen LogP contribution < -0.4 is 10.2 Å². The lowest BCUT2D eigenvalue weighted by atomic mass is 10.0. The summed E-state index contributed by atoms with van der Waals surface area (Å²) >= 11 is 0. The number of nitrogens with zero attached hydrogens (tertiary/aromatic N) is 1. The van der Waals surface area contributed by atoms with E-state index in [1.165, 1.54) is 360 Å². The van der Waals surface area contributed by atoms with Gasteiger partial charge < -0.3 is 28.8 Å². The van der Waals surface area contributed by atoms with Gasteiger partial charge in [0, 0.05) is 6.42 Å². The molecule has 0 rings (SSSR count). The Hall–Kier alpha value is -0.500. The molecule has 2 N–H and O–H groups in total. The van der Waals surface area contributed by atoms with E-state index in [1.807, 2.05) is 21.1 Å². The first-order chi connectivity index (χ1) is 41.0. The van der Waals surface area contributed by atoms with Crippen LogP contribution in [0.3, 0.4) is 0 Å². The molecule has 0 aliphatic rings. The maximum absolute atomic E-state index is 13.1. The Kier molecular flexibility index (Phi) is 66.5. The smallest absolute Gasteiger partial charge is 0.268 e. The molecule has 3 unspecified atom stereocenters. The van der Waals surface area contributed by atoms with Gasteiger partial charge in [0.1, 0.15) is 13.2 Å². The Morgan fingerprint density at radius 2 is 0.583 bits per heavy atom. The van der Waals surface area contributed by atoms with Crippen molar-refractivity contribution in [2.75, 3.05) is 40.9 Å². The summed E-state index contributed by atoms with van der Waals surface area (Å²) in [5, 5.41) is 14.1. The maximum atomic E-state index is 13.1. The number of aliphatic hydroxyl groups excluding tert-OH is 1. The third kappa shape index (κ3) is 69.0. The number of amides is 1. The molecule has 0 aromatic heterocycles. The van der Waals surface area contributed by atoms with Gasteiger partial charge in [0.2, 0.25) is 5.91 Å². The first-order valence-electron chi connectivity index (χ1n) is 38.4. The van der Waals surface area contributed by atoms with Crippen LogP contribution in [0.15, 0.2) is 0 Å². The Morgan fingerprint density at radius 1 is 0.369 bits per heavy atom. The fourth-order valence-corrected chi connectivity index (χ4v) is 13.1. The summed E-state index contributed by atoms with van der Waals surface area (Å²) in [5.74, 6) is -0.152. The third-order valence-electron chi connectivity index (χ3n) is 18.3. The topological polar surface area (TPSA) is 108 Å². The first-order valence-corrected chi connectivity index (χ1v) is 39.8. The summed E-state index contributed by atoms with van der Waals surface area (Å²) in [6.45, 7) is 4.81. The van der Waals surface area contributed by atoms with Gasteiger partial charge >= 0.3 is 0 Å². The lowest BCUT2D eigenvalue weighted by Crippen LogP contribution is -2.46. The molecular formula is C75H153N2O6P. The van der Waals surface area contributed by atoms with Crippen molar-refractivity contribution in [3.63, 3.8) is 0 Å². The molecule has 0 aliphatic heterocycles. The number of hydrogen-bond acceptors (Lipinski definition) is 6. The summed E-state index contributed by atoms with van der Waals surface area (Å²) in [4.78, 5) is 25.7. The van der Waals surface area contributed by atoms with E-state index in [0.29, 0.717) is 23.9 Å². The molecule has 0 aromatic carbocycles. The largest absolute Gasteiger partial charge is 0.756 e. The van der Waals surface area contributed by atoms with E-state index in [-0.39, 0.29) is 19.1 Å². The highest BCUT2D eigenvalue weighted by atomic mass is 31.2. The number of likely N-dealkylation sites (N-methyl/N-ethyl adjacent to an activating group) is 1. The van der Waals surface area contributed by atoms with Crippen molar-refractivity contribution in [1.82, 2.24) is 5.32 Å². The third-order valence-corrected chi connectivity index (χ3v) is 19.3. The average molecular weight is 1210 g/mol. The SMILES string of the molecule is CCCCCCCCCCCCCCCCCCCCCCCCCCCCCCCCCCCCCCCC(=O)NC(COP(=O)([O-])OCC[N+](C)(C)C)C(O)CCCCCCCCCCCCCCCCCCCCCCCCCCC. The van der Waals surface area contributed by atoms with Crippen LogP contribution in [-0.2, 0) is 18.4 Å². The van der Waals surface area contributed by atoms with Crippen LogP contribution in [0.2, 0.25) is 0 Å². The van der Waals surface area contributed by atoms with Crippen LogP contribution in [0.5, 0.6) is 0 Å². The number of carbonyl (C=O) groups excluding carboxylic acids is 1. The highest BCUT2D eigenvalue weighted by Gasteiger charge is 2.24. The molecule has 8 nitrogen and oxygen atoms in total. The van der Waals surface area contributed by atoms with E-state index in [0.717, 1.165) is 38.5 Å². The molecule has 0 heterocycles. The highest BCUT2D eigenvalue weighted by molar-refractivity contribution is 7.45. The Balaban J connectivity index is 3.89. The van der Waals surface area contributed by atoms with Crippen LogP contribution in [0.4, 0.5) is 0 Å². The van der Waals surface area contributed by atoms with Crippen molar-refractivity contribution < 1.29 is 32.9 Å². The highest BCUT2D eigenvalue weighted by Crippen LogP contribution is 2.38. The number of phosphoric ester groups is 1. The second-order valence-corrected chi connectivity index (χ2v) is 29.5. The van der Waals surface area contributed by atoms with Crippen molar-refractivity contribution in [2.24, 2.45) is 0 Å². The maximum Gasteiger partial charge on any atom is 0.268 e. The summed E-state index contributed by atoms with van der Waals surface area (Å²) in [6, 6.07) is -0.797. The molecule has 0 aromatic rings. The van der Waals surface area contributed by atoms with Crippen LogP contribution in [0.25, 0.3) is 0 Å². The quantitative estimate of drug-likeness (QED) is 0.0357. The van der Waals surface area contributed by atoms with Gasteiger partial charge in [-0.2, -0.15) is 0 Å². The van der Waals surface area contributed by atoms with Gasteiger partial charge in [-0.3, -0.25) is 9.36 Å². The second kappa shape index (κ2) is 66.9.